The Hall–Kier alpha value is -1.19. The topological polar surface area (TPSA) is 71.4 Å². The van der Waals surface area contributed by atoms with Gasteiger partial charge in [-0.3, -0.25) is 14.4 Å². The molecule has 0 radical (unpaired) electrons. The Morgan fingerprint density at radius 3 is 2.43 bits per heavy atom. The van der Waals surface area contributed by atoms with Crippen molar-refractivity contribution < 1.29 is 19.5 Å². The molecule has 168 valence electrons. The van der Waals surface area contributed by atoms with Gasteiger partial charge in [0.05, 0.1) is 0 Å². The highest BCUT2D eigenvalue weighted by Gasteiger charge is 2.65. The minimum atomic E-state index is -0.704. The van der Waals surface area contributed by atoms with Crippen molar-refractivity contribution in [3.63, 3.8) is 0 Å². The van der Waals surface area contributed by atoms with E-state index in [1.807, 2.05) is 0 Å². The molecule has 0 aromatic carbocycles. The number of carboxylic acids is 1. The second-order valence-corrected chi connectivity index (χ2v) is 11.6. The van der Waals surface area contributed by atoms with Crippen LogP contribution in [0.1, 0.15) is 91.9 Å². The van der Waals surface area contributed by atoms with E-state index in [2.05, 4.69) is 27.7 Å². The van der Waals surface area contributed by atoms with E-state index in [-0.39, 0.29) is 35.0 Å². The number of Topliss-reactive ketones (excluding diaryl/α,β-unsaturated/α-hetero) is 2. The molecule has 4 aliphatic rings. The fourth-order valence-corrected chi connectivity index (χ4v) is 8.97. The first-order chi connectivity index (χ1) is 14.1. The maximum absolute atomic E-state index is 13.9. The molecule has 1 unspecified atom stereocenters. The highest BCUT2D eigenvalue weighted by molar-refractivity contribution is 5.88. The number of ketones is 2. The van der Waals surface area contributed by atoms with Crippen LogP contribution in [0, 0.1) is 52.3 Å². The van der Waals surface area contributed by atoms with Gasteiger partial charge in [0.2, 0.25) is 0 Å². The standard InChI is InChI=1S/C26H40O4/c1-5-17-21-14-16(27)10-12-26(21,4)20-11-13-25(3)18(15(2)6-9-22(28)29)7-8-19(25)23(20)24(17)30/h15,17-21,23H,5-14H2,1-4H3,(H,28,29)/t15?,17-,18-,19+,20+,21+,23+,25-,26-/m1/s1. The monoisotopic (exact) mass is 416 g/mol. The summed E-state index contributed by atoms with van der Waals surface area (Å²) >= 11 is 0. The van der Waals surface area contributed by atoms with Gasteiger partial charge in [-0.15, -0.1) is 0 Å². The summed E-state index contributed by atoms with van der Waals surface area (Å²) in [6.07, 6.45) is 8.61. The van der Waals surface area contributed by atoms with Gasteiger partial charge in [-0.25, -0.2) is 0 Å². The first kappa shape index (κ1) is 22.0. The van der Waals surface area contributed by atoms with Crippen LogP contribution < -0.4 is 0 Å². The van der Waals surface area contributed by atoms with E-state index in [0.29, 0.717) is 48.1 Å². The lowest BCUT2D eigenvalue weighted by Gasteiger charge is -2.61. The lowest BCUT2D eigenvalue weighted by atomic mass is 9.42. The molecule has 0 heterocycles. The molecule has 0 bridgehead atoms. The first-order valence-corrected chi connectivity index (χ1v) is 12.4. The summed E-state index contributed by atoms with van der Waals surface area (Å²) in [5, 5.41) is 9.14. The third-order valence-electron chi connectivity index (χ3n) is 10.5. The number of fused-ring (bicyclic) bond motifs is 5. The lowest BCUT2D eigenvalue weighted by Crippen LogP contribution is -2.60. The van der Waals surface area contributed by atoms with Crippen LogP contribution in [-0.2, 0) is 14.4 Å². The predicted octanol–water partition coefficient (Wildman–Crippen LogP) is 5.53. The molecule has 4 fully saturated rings. The van der Waals surface area contributed by atoms with Crippen molar-refractivity contribution in [3.8, 4) is 0 Å². The maximum Gasteiger partial charge on any atom is 0.303 e. The fourth-order valence-electron chi connectivity index (χ4n) is 8.97. The van der Waals surface area contributed by atoms with E-state index in [1.54, 1.807) is 0 Å². The summed E-state index contributed by atoms with van der Waals surface area (Å²) in [6.45, 7) is 9.18. The summed E-state index contributed by atoms with van der Waals surface area (Å²) < 4.78 is 0. The van der Waals surface area contributed by atoms with E-state index >= 15 is 0 Å². The zero-order valence-corrected chi connectivity index (χ0v) is 19.3. The van der Waals surface area contributed by atoms with E-state index in [0.717, 1.165) is 44.9 Å². The number of hydrogen-bond donors (Lipinski definition) is 1. The van der Waals surface area contributed by atoms with Gasteiger partial charge in [-0.2, -0.15) is 0 Å². The van der Waals surface area contributed by atoms with Crippen molar-refractivity contribution in [2.75, 3.05) is 0 Å². The molecule has 0 spiro atoms. The van der Waals surface area contributed by atoms with Crippen LogP contribution >= 0.6 is 0 Å². The van der Waals surface area contributed by atoms with Crippen LogP contribution in [-0.4, -0.2) is 22.6 Å². The summed E-state index contributed by atoms with van der Waals surface area (Å²) in [5.41, 5.74) is 0.280. The minimum absolute atomic E-state index is 0.0475. The van der Waals surface area contributed by atoms with E-state index in [4.69, 9.17) is 5.11 Å². The fraction of sp³-hybridized carbons (Fsp3) is 0.885. The second-order valence-electron chi connectivity index (χ2n) is 11.6. The third-order valence-corrected chi connectivity index (χ3v) is 10.5. The first-order valence-electron chi connectivity index (χ1n) is 12.4. The van der Waals surface area contributed by atoms with E-state index in [9.17, 15) is 14.4 Å². The number of carbonyl (C=O) groups is 3. The Labute approximate surface area is 181 Å². The van der Waals surface area contributed by atoms with Gasteiger partial charge in [0.15, 0.2) is 0 Å². The number of hydrogen-bond acceptors (Lipinski definition) is 3. The molecule has 4 heteroatoms. The van der Waals surface area contributed by atoms with Crippen LogP contribution in [0.3, 0.4) is 0 Å². The van der Waals surface area contributed by atoms with Crippen LogP contribution in [0.25, 0.3) is 0 Å². The van der Waals surface area contributed by atoms with Crippen molar-refractivity contribution in [2.24, 2.45) is 52.3 Å². The van der Waals surface area contributed by atoms with Gasteiger partial charge in [0.25, 0.3) is 0 Å². The number of carboxylic acid groups (broad SMARTS) is 1. The maximum atomic E-state index is 13.9. The molecule has 4 aliphatic carbocycles. The van der Waals surface area contributed by atoms with Crippen molar-refractivity contribution in [2.45, 2.75) is 91.9 Å². The van der Waals surface area contributed by atoms with Crippen molar-refractivity contribution >= 4 is 17.5 Å². The van der Waals surface area contributed by atoms with E-state index < -0.39 is 5.97 Å². The molecule has 0 amide bonds. The van der Waals surface area contributed by atoms with Gasteiger partial charge in [-0.05, 0) is 85.4 Å². The van der Waals surface area contributed by atoms with E-state index in [1.165, 1.54) is 0 Å². The lowest BCUT2D eigenvalue weighted by molar-refractivity contribution is -0.169. The zero-order valence-electron chi connectivity index (χ0n) is 19.3. The van der Waals surface area contributed by atoms with Gasteiger partial charge < -0.3 is 5.11 Å². The van der Waals surface area contributed by atoms with Gasteiger partial charge in [0.1, 0.15) is 11.6 Å². The van der Waals surface area contributed by atoms with Gasteiger partial charge >= 0.3 is 5.97 Å². The highest BCUT2D eigenvalue weighted by atomic mass is 16.4. The summed E-state index contributed by atoms with van der Waals surface area (Å²) in [5.74, 6) is 2.34. The molecule has 0 aromatic heterocycles. The summed E-state index contributed by atoms with van der Waals surface area (Å²) in [7, 11) is 0. The Balaban J connectivity index is 1.63. The van der Waals surface area contributed by atoms with Crippen molar-refractivity contribution in [1.82, 2.24) is 0 Å². The largest absolute Gasteiger partial charge is 0.481 e. The Morgan fingerprint density at radius 2 is 1.77 bits per heavy atom. The zero-order chi connectivity index (χ0) is 21.8. The summed E-state index contributed by atoms with van der Waals surface area (Å²) in [4.78, 5) is 37.3. The molecular weight excluding hydrogens is 376 g/mol. The van der Waals surface area contributed by atoms with Crippen LogP contribution in [0.5, 0.6) is 0 Å². The normalized spacial score (nSPS) is 46.7. The molecule has 30 heavy (non-hydrogen) atoms. The Morgan fingerprint density at radius 1 is 1.07 bits per heavy atom. The molecule has 4 rings (SSSR count). The summed E-state index contributed by atoms with van der Waals surface area (Å²) in [6, 6.07) is 0. The van der Waals surface area contributed by atoms with Crippen LogP contribution in [0.4, 0.5) is 0 Å². The smallest absolute Gasteiger partial charge is 0.303 e. The molecule has 0 saturated heterocycles. The minimum Gasteiger partial charge on any atom is -0.481 e. The van der Waals surface area contributed by atoms with Crippen LogP contribution in [0.15, 0.2) is 0 Å². The van der Waals surface area contributed by atoms with Gasteiger partial charge in [-0.1, -0.05) is 27.7 Å². The second kappa shape index (κ2) is 7.74. The average molecular weight is 417 g/mol. The predicted molar refractivity (Wildman–Crippen MR) is 116 cm³/mol. The van der Waals surface area contributed by atoms with Crippen molar-refractivity contribution in [3.05, 3.63) is 0 Å². The Kier molecular flexibility index (Phi) is 5.68. The Bertz CT molecular complexity index is 729. The SMILES string of the molecule is CC[C@H]1C(=O)[C@@H]2[C@H](CC[C@]3(C)[C@@H](C(C)CCC(=O)O)CC[C@@H]23)[C@@]2(C)CCC(=O)C[C@@H]12. The number of rotatable bonds is 5. The molecule has 0 aromatic rings. The molecule has 4 saturated carbocycles. The average Bonchev–Trinajstić information content (AvgIpc) is 3.05. The number of aliphatic carboxylic acids is 1. The van der Waals surface area contributed by atoms with Crippen LogP contribution in [0.2, 0.25) is 0 Å². The quantitative estimate of drug-likeness (QED) is 0.639. The third kappa shape index (κ3) is 3.19. The van der Waals surface area contributed by atoms with Gasteiger partial charge in [0, 0.05) is 31.1 Å². The highest BCUT2D eigenvalue weighted by Crippen LogP contribution is 2.68. The number of carbonyl (C=O) groups excluding carboxylic acids is 2. The molecule has 4 nitrogen and oxygen atoms in total. The molecule has 9 atom stereocenters. The molecule has 1 N–H and O–H groups in total. The molecule has 0 aliphatic heterocycles. The molecular formula is C26H40O4. The van der Waals surface area contributed by atoms with Crippen molar-refractivity contribution in [1.29, 1.82) is 0 Å².